The van der Waals surface area contributed by atoms with Crippen molar-refractivity contribution in [1.29, 1.82) is 0 Å². The number of amidine groups is 1. The lowest BCUT2D eigenvalue weighted by atomic mass is 10.1. The molecule has 5 heteroatoms. The lowest BCUT2D eigenvalue weighted by Crippen LogP contribution is -2.12. The fourth-order valence-electron chi connectivity index (χ4n) is 0.911. The molecule has 0 aromatic heterocycles. The van der Waals surface area contributed by atoms with Crippen LogP contribution in [0.2, 0.25) is 0 Å². The Morgan fingerprint density at radius 2 is 2.07 bits per heavy atom. The van der Waals surface area contributed by atoms with Crippen molar-refractivity contribution in [1.82, 2.24) is 0 Å². The van der Waals surface area contributed by atoms with E-state index in [-0.39, 0.29) is 5.84 Å². The number of oxime groups is 2. The third-order valence-corrected chi connectivity index (χ3v) is 1.62. The zero-order chi connectivity index (χ0) is 10.4. The Hall–Kier alpha value is -2.04. The van der Waals surface area contributed by atoms with Crippen molar-refractivity contribution >= 4 is 12.1 Å². The average molecular weight is 193 g/mol. The van der Waals surface area contributed by atoms with Crippen molar-refractivity contribution in [2.75, 3.05) is 7.11 Å². The van der Waals surface area contributed by atoms with Gasteiger partial charge in [-0.25, -0.2) is 0 Å². The van der Waals surface area contributed by atoms with Gasteiger partial charge in [0.25, 0.3) is 0 Å². The highest BCUT2D eigenvalue weighted by atomic mass is 16.6. The van der Waals surface area contributed by atoms with Crippen molar-refractivity contribution in [3.8, 4) is 0 Å². The van der Waals surface area contributed by atoms with Crippen molar-refractivity contribution in [3.05, 3.63) is 35.4 Å². The maximum Gasteiger partial charge on any atom is 0.170 e. The fraction of sp³-hybridized carbons (Fsp3) is 0.111. The first-order valence-electron chi connectivity index (χ1n) is 3.92. The molecule has 0 aliphatic carbocycles. The van der Waals surface area contributed by atoms with Crippen LogP contribution in [0.25, 0.3) is 0 Å². The van der Waals surface area contributed by atoms with Gasteiger partial charge in [-0.2, -0.15) is 0 Å². The molecule has 1 aromatic carbocycles. The molecular weight excluding hydrogens is 182 g/mol. The quantitative estimate of drug-likeness (QED) is 0.322. The molecule has 0 saturated heterocycles. The molecule has 0 aliphatic rings. The maximum atomic E-state index is 8.42. The van der Waals surface area contributed by atoms with E-state index >= 15 is 0 Å². The summed E-state index contributed by atoms with van der Waals surface area (Å²) in [7, 11) is 1.47. The first-order valence-corrected chi connectivity index (χ1v) is 3.92. The molecule has 0 radical (unpaired) electrons. The number of rotatable bonds is 3. The van der Waals surface area contributed by atoms with E-state index in [4.69, 9.17) is 10.9 Å². The van der Waals surface area contributed by atoms with Gasteiger partial charge in [-0.1, -0.05) is 34.6 Å². The second-order valence-electron chi connectivity index (χ2n) is 2.52. The largest absolute Gasteiger partial charge is 0.409 e. The Labute approximate surface area is 81.5 Å². The molecule has 1 rings (SSSR count). The smallest absolute Gasteiger partial charge is 0.170 e. The SMILES string of the molecule is CO/N=C/c1ccc(/C(N)=N/O)cc1. The highest BCUT2D eigenvalue weighted by molar-refractivity contribution is 5.97. The third kappa shape index (κ3) is 2.48. The Balaban J connectivity index is 2.84. The molecule has 0 spiro atoms. The number of hydrogen-bond acceptors (Lipinski definition) is 4. The number of benzene rings is 1. The molecule has 14 heavy (non-hydrogen) atoms. The standard InChI is InChI=1S/C9H11N3O2/c1-14-11-6-7-2-4-8(5-3-7)9(10)12-13/h2-6,13H,1H3,(H2,10,12)/b11-6+. The zero-order valence-corrected chi connectivity index (χ0v) is 7.71. The molecule has 0 saturated carbocycles. The minimum Gasteiger partial charge on any atom is -0.409 e. The molecule has 0 amide bonds. The minimum atomic E-state index is 0.0835. The third-order valence-electron chi connectivity index (χ3n) is 1.62. The zero-order valence-electron chi connectivity index (χ0n) is 7.71. The Bertz CT molecular complexity index is 344. The first-order chi connectivity index (χ1) is 6.77. The van der Waals surface area contributed by atoms with Gasteiger partial charge in [0.15, 0.2) is 5.84 Å². The Morgan fingerprint density at radius 3 is 2.57 bits per heavy atom. The summed E-state index contributed by atoms with van der Waals surface area (Å²) >= 11 is 0. The van der Waals surface area contributed by atoms with E-state index in [1.165, 1.54) is 7.11 Å². The van der Waals surface area contributed by atoms with Gasteiger partial charge in [0.2, 0.25) is 0 Å². The summed E-state index contributed by atoms with van der Waals surface area (Å²) in [5.74, 6) is 0.0835. The van der Waals surface area contributed by atoms with Crippen LogP contribution in [-0.4, -0.2) is 24.4 Å². The minimum absolute atomic E-state index is 0.0835. The van der Waals surface area contributed by atoms with Gasteiger partial charge in [-0.15, -0.1) is 0 Å². The van der Waals surface area contributed by atoms with E-state index in [0.717, 1.165) is 5.56 Å². The molecule has 0 atom stereocenters. The van der Waals surface area contributed by atoms with E-state index in [0.29, 0.717) is 5.56 Å². The van der Waals surface area contributed by atoms with Gasteiger partial charge in [0.1, 0.15) is 7.11 Å². The van der Waals surface area contributed by atoms with Crippen LogP contribution >= 0.6 is 0 Å². The van der Waals surface area contributed by atoms with Crippen LogP contribution in [0.5, 0.6) is 0 Å². The van der Waals surface area contributed by atoms with Gasteiger partial charge < -0.3 is 15.8 Å². The van der Waals surface area contributed by atoms with E-state index in [1.54, 1.807) is 30.5 Å². The summed E-state index contributed by atoms with van der Waals surface area (Å²) in [6.07, 6.45) is 1.57. The average Bonchev–Trinajstić information content (AvgIpc) is 2.26. The predicted octanol–water partition coefficient (Wildman–Crippen LogP) is 0.761. The molecule has 74 valence electrons. The van der Waals surface area contributed by atoms with Crippen LogP contribution in [0.3, 0.4) is 0 Å². The van der Waals surface area contributed by atoms with Crippen LogP contribution in [0.4, 0.5) is 0 Å². The van der Waals surface area contributed by atoms with E-state index < -0.39 is 0 Å². The number of hydrogen-bond donors (Lipinski definition) is 2. The monoisotopic (exact) mass is 193 g/mol. The summed E-state index contributed by atoms with van der Waals surface area (Å²) in [6.45, 7) is 0. The van der Waals surface area contributed by atoms with Crippen molar-refractivity contribution in [3.63, 3.8) is 0 Å². The normalized spacial score (nSPS) is 11.9. The molecule has 0 aliphatic heterocycles. The molecule has 0 heterocycles. The molecule has 0 bridgehead atoms. The number of nitrogens with two attached hydrogens (primary N) is 1. The molecule has 5 nitrogen and oxygen atoms in total. The van der Waals surface area contributed by atoms with Gasteiger partial charge >= 0.3 is 0 Å². The fourth-order valence-corrected chi connectivity index (χ4v) is 0.911. The van der Waals surface area contributed by atoms with Crippen LogP contribution in [0.1, 0.15) is 11.1 Å². The van der Waals surface area contributed by atoms with Crippen molar-refractivity contribution in [2.45, 2.75) is 0 Å². The topological polar surface area (TPSA) is 80.2 Å². The summed E-state index contributed by atoms with van der Waals surface area (Å²) in [6, 6.07) is 7.03. The van der Waals surface area contributed by atoms with Crippen LogP contribution in [0, 0.1) is 0 Å². The second kappa shape index (κ2) is 4.86. The van der Waals surface area contributed by atoms with Gasteiger partial charge in [-0.3, -0.25) is 0 Å². The van der Waals surface area contributed by atoms with Crippen LogP contribution in [0.15, 0.2) is 34.6 Å². The highest BCUT2D eigenvalue weighted by Gasteiger charge is 1.97. The lowest BCUT2D eigenvalue weighted by molar-refractivity contribution is 0.215. The first kappa shape index (κ1) is 10.0. The summed E-state index contributed by atoms with van der Waals surface area (Å²) in [4.78, 5) is 4.53. The van der Waals surface area contributed by atoms with Gasteiger partial charge in [-0.05, 0) is 5.56 Å². The molecular formula is C9H11N3O2. The maximum absolute atomic E-state index is 8.42. The molecule has 0 unspecified atom stereocenters. The van der Waals surface area contributed by atoms with Gasteiger partial charge in [0, 0.05) is 5.56 Å². The predicted molar refractivity (Wildman–Crippen MR) is 53.6 cm³/mol. The summed E-state index contributed by atoms with van der Waals surface area (Å²) < 4.78 is 0. The van der Waals surface area contributed by atoms with E-state index in [9.17, 15) is 0 Å². The summed E-state index contributed by atoms with van der Waals surface area (Å²) in [5, 5.41) is 14.9. The van der Waals surface area contributed by atoms with Gasteiger partial charge in [0.05, 0.1) is 6.21 Å². The summed E-state index contributed by atoms with van der Waals surface area (Å²) in [5.41, 5.74) is 6.92. The highest BCUT2D eigenvalue weighted by Crippen LogP contribution is 2.02. The van der Waals surface area contributed by atoms with Crippen LogP contribution in [-0.2, 0) is 4.84 Å². The molecule has 3 N–H and O–H groups in total. The lowest BCUT2D eigenvalue weighted by Gasteiger charge is -1.98. The van der Waals surface area contributed by atoms with Crippen LogP contribution < -0.4 is 5.73 Å². The number of nitrogens with zero attached hydrogens (tertiary/aromatic N) is 2. The molecule has 0 fully saturated rings. The second-order valence-corrected chi connectivity index (χ2v) is 2.52. The molecule has 1 aromatic rings. The Kier molecular flexibility index (Phi) is 3.49. The van der Waals surface area contributed by atoms with Crippen molar-refractivity contribution in [2.24, 2.45) is 16.0 Å². The van der Waals surface area contributed by atoms with Crippen molar-refractivity contribution < 1.29 is 10.0 Å². The van der Waals surface area contributed by atoms with E-state index in [2.05, 4.69) is 15.1 Å². The Morgan fingerprint density at radius 1 is 1.43 bits per heavy atom. The van der Waals surface area contributed by atoms with E-state index in [1.807, 2.05) is 0 Å².